The average molecular weight is 798 g/mol. The standard InChI is InChI=1S/3C12H8N2.2ClHO4.Co/c3*1-3-9-5-6-10-4-2-8-14-12(10)11(9)13-7-1;2*2-1(3,4)5;/h3*1-8H;2*(H,2,3,4,5);/q;;;;;+2/p-2. The molecule has 0 saturated carbocycles. The van der Waals surface area contributed by atoms with Gasteiger partial charge >= 0.3 is 16.8 Å². The van der Waals surface area contributed by atoms with E-state index in [1.165, 1.54) is 0 Å². The molecule has 9 rings (SSSR count). The van der Waals surface area contributed by atoms with Gasteiger partial charge in [0.1, 0.15) is 0 Å². The van der Waals surface area contributed by atoms with Crippen LogP contribution in [0.2, 0.25) is 0 Å². The SMILES string of the molecule is [Co+2].[O-][Cl+3]([O-])([O-])[O-].[O-][Cl+3]([O-])([O-])[O-].c1cnc2c(c1)ccc1cccnc12.c1cnc2c(c1)ccc1cccnc12.c1cnc2c(c1)ccc1cccnc12. The number of hydrogen-bond donors (Lipinski definition) is 0. The minimum atomic E-state index is -4.94. The molecule has 1 radical (unpaired) electrons. The molecule has 269 valence electrons. The second kappa shape index (κ2) is 18.6. The van der Waals surface area contributed by atoms with Crippen LogP contribution in [0.4, 0.5) is 0 Å². The van der Waals surface area contributed by atoms with Crippen LogP contribution in [0.5, 0.6) is 0 Å². The Morgan fingerprint density at radius 1 is 0.264 bits per heavy atom. The molecule has 17 heteroatoms. The van der Waals surface area contributed by atoms with Gasteiger partial charge in [-0.2, -0.15) is 0 Å². The maximum atomic E-state index is 8.49. The maximum absolute atomic E-state index is 8.49. The summed E-state index contributed by atoms with van der Waals surface area (Å²) in [4.78, 5) is 26.1. The quantitative estimate of drug-likeness (QED) is 0.164. The Hall–Kier alpha value is -5.11. The third-order valence-corrected chi connectivity index (χ3v) is 7.03. The molecule has 0 fully saturated rings. The second-order valence-electron chi connectivity index (χ2n) is 10.4. The van der Waals surface area contributed by atoms with Crippen molar-refractivity contribution in [3.63, 3.8) is 0 Å². The van der Waals surface area contributed by atoms with Gasteiger partial charge in [0.15, 0.2) is 0 Å². The van der Waals surface area contributed by atoms with E-state index in [1.807, 2.05) is 36.4 Å². The van der Waals surface area contributed by atoms with E-state index in [4.69, 9.17) is 37.3 Å². The van der Waals surface area contributed by atoms with Crippen molar-refractivity contribution in [3.8, 4) is 0 Å². The molecule has 0 aliphatic heterocycles. The summed E-state index contributed by atoms with van der Waals surface area (Å²) in [7, 11) is -9.89. The summed E-state index contributed by atoms with van der Waals surface area (Å²) >= 11 is 0. The smallest absolute Gasteiger partial charge is 0.254 e. The Kier molecular flexibility index (Phi) is 14.3. The molecule has 0 unspecified atom stereocenters. The molecule has 0 N–H and O–H groups in total. The van der Waals surface area contributed by atoms with Gasteiger partial charge in [0.05, 0.1) is 33.1 Å². The summed E-state index contributed by atoms with van der Waals surface area (Å²) in [6.45, 7) is 0. The summed E-state index contributed by atoms with van der Waals surface area (Å²) in [6, 6.07) is 36.4. The van der Waals surface area contributed by atoms with E-state index in [2.05, 4.69) is 103 Å². The molecule has 53 heavy (non-hydrogen) atoms. The zero-order valence-corrected chi connectivity index (χ0v) is 29.4. The summed E-state index contributed by atoms with van der Waals surface area (Å²) < 4.78 is 67.9. The van der Waals surface area contributed by atoms with Gasteiger partial charge in [0, 0.05) is 69.5 Å². The predicted molar refractivity (Wildman–Crippen MR) is 171 cm³/mol. The zero-order valence-electron chi connectivity index (χ0n) is 26.9. The van der Waals surface area contributed by atoms with E-state index in [0.29, 0.717) is 0 Å². The largest absolute Gasteiger partial charge is 2.00 e. The predicted octanol–water partition coefficient (Wildman–Crippen LogP) is -1.17. The number of halogens is 2. The average Bonchev–Trinajstić information content (AvgIpc) is 3.14. The fraction of sp³-hybridized carbons (Fsp3) is 0. The van der Waals surface area contributed by atoms with Gasteiger partial charge < -0.3 is 0 Å². The molecule has 0 aliphatic rings. The maximum Gasteiger partial charge on any atom is 2.00 e. The van der Waals surface area contributed by atoms with Crippen LogP contribution in [0.3, 0.4) is 0 Å². The molecule has 14 nitrogen and oxygen atoms in total. The van der Waals surface area contributed by atoms with Gasteiger partial charge in [-0.25, -0.2) is 37.3 Å². The van der Waals surface area contributed by atoms with Crippen LogP contribution in [-0.2, 0) is 16.8 Å². The molecule has 3 aromatic carbocycles. The monoisotopic (exact) mass is 797 g/mol. The van der Waals surface area contributed by atoms with Crippen molar-refractivity contribution >= 4 is 65.4 Å². The molecule has 0 aliphatic carbocycles. The number of nitrogens with zero attached hydrogens (tertiary/aromatic N) is 6. The molecule has 6 aromatic heterocycles. The summed E-state index contributed by atoms with van der Waals surface area (Å²) in [6.07, 6.45) is 10.8. The Labute approximate surface area is 315 Å². The number of rotatable bonds is 0. The number of hydrogen-bond acceptors (Lipinski definition) is 14. The molecule has 0 bridgehead atoms. The number of benzene rings is 3. The Balaban J connectivity index is 0.000000157. The van der Waals surface area contributed by atoms with Gasteiger partial charge in [0.25, 0.3) is 0 Å². The number of pyridine rings is 6. The molecule has 9 aromatic rings. The fourth-order valence-electron chi connectivity index (χ4n) is 5.04. The van der Waals surface area contributed by atoms with Gasteiger partial charge in [-0.3, -0.25) is 29.9 Å². The summed E-state index contributed by atoms with van der Waals surface area (Å²) in [5, 5.41) is 6.83. The van der Waals surface area contributed by atoms with Gasteiger partial charge in [-0.05, 0) is 36.4 Å². The van der Waals surface area contributed by atoms with Gasteiger partial charge in [-0.1, -0.05) is 72.8 Å². The Morgan fingerprint density at radius 2 is 0.396 bits per heavy atom. The molecular formula is C36H24Cl2CoN6O8. The molecule has 0 atom stereocenters. The van der Waals surface area contributed by atoms with E-state index in [0.717, 1.165) is 65.4 Å². The van der Waals surface area contributed by atoms with Crippen LogP contribution >= 0.6 is 0 Å². The number of aromatic nitrogens is 6. The van der Waals surface area contributed by atoms with Crippen molar-refractivity contribution in [2.45, 2.75) is 0 Å². The van der Waals surface area contributed by atoms with Crippen LogP contribution in [0.15, 0.2) is 146 Å². The Morgan fingerprint density at radius 3 is 0.528 bits per heavy atom. The van der Waals surface area contributed by atoms with E-state index in [9.17, 15) is 0 Å². The third-order valence-electron chi connectivity index (χ3n) is 7.03. The van der Waals surface area contributed by atoms with E-state index < -0.39 is 20.5 Å². The van der Waals surface area contributed by atoms with E-state index >= 15 is 0 Å². The first-order valence-corrected chi connectivity index (χ1v) is 17.3. The molecule has 0 saturated heterocycles. The van der Waals surface area contributed by atoms with Crippen molar-refractivity contribution in [2.75, 3.05) is 0 Å². The van der Waals surface area contributed by atoms with Crippen LogP contribution < -0.4 is 37.3 Å². The molecular weight excluding hydrogens is 774 g/mol. The number of fused-ring (bicyclic) bond motifs is 9. The first-order valence-electron chi connectivity index (χ1n) is 14.8. The second-order valence-corrected chi connectivity index (χ2v) is 11.9. The van der Waals surface area contributed by atoms with Crippen LogP contribution in [-0.4, -0.2) is 29.9 Å². The molecule has 6 heterocycles. The third kappa shape index (κ3) is 12.2. The summed E-state index contributed by atoms with van der Waals surface area (Å²) in [5.41, 5.74) is 5.86. The molecule has 0 amide bonds. The van der Waals surface area contributed by atoms with Crippen molar-refractivity contribution < 1.29 is 74.5 Å². The Bertz CT molecular complexity index is 2130. The van der Waals surface area contributed by atoms with E-state index in [-0.39, 0.29) is 16.8 Å². The van der Waals surface area contributed by atoms with Crippen molar-refractivity contribution in [3.05, 3.63) is 146 Å². The fourth-order valence-corrected chi connectivity index (χ4v) is 5.04. The first kappa shape index (κ1) is 40.7. The normalized spacial score (nSPS) is 10.9. The van der Waals surface area contributed by atoms with E-state index in [1.54, 1.807) is 37.2 Å². The summed E-state index contributed by atoms with van der Waals surface area (Å²) in [5.74, 6) is 0. The van der Waals surface area contributed by atoms with Crippen molar-refractivity contribution in [1.29, 1.82) is 0 Å². The first-order chi connectivity index (χ1) is 24.8. The minimum absolute atomic E-state index is 0. The van der Waals surface area contributed by atoms with Gasteiger partial charge in [0.2, 0.25) is 0 Å². The van der Waals surface area contributed by atoms with Crippen molar-refractivity contribution in [1.82, 2.24) is 29.9 Å². The zero-order chi connectivity index (χ0) is 37.1. The minimum Gasteiger partial charge on any atom is -0.254 e. The topological polar surface area (TPSA) is 262 Å². The van der Waals surface area contributed by atoms with Crippen LogP contribution in [0, 0.1) is 20.5 Å². The van der Waals surface area contributed by atoms with Crippen LogP contribution in [0.25, 0.3) is 65.4 Å². The van der Waals surface area contributed by atoms with Gasteiger partial charge in [-0.15, -0.1) is 20.5 Å². The van der Waals surface area contributed by atoms with Crippen LogP contribution in [0.1, 0.15) is 0 Å². The molecule has 0 spiro atoms. The van der Waals surface area contributed by atoms with Crippen molar-refractivity contribution in [2.24, 2.45) is 0 Å².